The number of rotatable bonds is 6. The van der Waals surface area contributed by atoms with Crippen molar-refractivity contribution in [1.29, 1.82) is 0 Å². The standard InChI is InChI=1S/C42H48N2/c1-25-16-29(5)39(30(6)17-25)43(40-31(7)18-26(2)19-32(40)8)37-14-13-15-38(24-37)44(41-33(9)20-27(3)21-34(41)10)42-35(11)22-28(4)23-36(42)12/h13-24H,1-12H3. The molecule has 5 aromatic carbocycles. The minimum atomic E-state index is 1.16. The van der Waals surface area contributed by atoms with Gasteiger partial charge in [0.25, 0.3) is 0 Å². The summed E-state index contributed by atoms with van der Waals surface area (Å²) in [4.78, 5) is 5.00. The van der Waals surface area contributed by atoms with E-state index in [0.717, 1.165) is 11.4 Å². The van der Waals surface area contributed by atoms with Gasteiger partial charge in [-0.3, -0.25) is 0 Å². The van der Waals surface area contributed by atoms with Gasteiger partial charge in [0.15, 0.2) is 0 Å². The van der Waals surface area contributed by atoms with Crippen LogP contribution in [-0.2, 0) is 0 Å². The van der Waals surface area contributed by atoms with Crippen LogP contribution in [0, 0.1) is 83.1 Å². The number of nitrogens with zero attached hydrogens (tertiary/aromatic N) is 2. The van der Waals surface area contributed by atoms with E-state index >= 15 is 0 Å². The molecule has 0 saturated heterocycles. The van der Waals surface area contributed by atoms with Crippen LogP contribution in [-0.4, -0.2) is 0 Å². The number of anilines is 6. The molecule has 0 N–H and O–H groups in total. The third kappa shape index (κ3) is 5.78. The maximum absolute atomic E-state index is 2.50. The summed E-state index contributed by atoms with van der Waals surface area (Å²) in [6.45, 7) is 26.7. The van der Waals surface area contributed by atoms with Crippen LogP contribution in [0.4, 0.5) is 34.1 Å². The molecule has 0 atom stereocenters. The van der Waals surface area contributed by atoms with Crippen molar-refractivity contribution in [3.63, 3.8) is 0 Å². The molecule has 44 heavy (non-hydrogen) atoms. The Labute approximate surface area is 266 Å². The van der Waals surface area contributed by atoms with E-state index in [1.165, 1.54) is 89.5 Å². The fourth-order valence-corrected chi connectivity index (χ4v) is 7.61. The van der Waals surface area contributed by atoms with E-state index in [2.05, 4.69) is 166 Å². The number of hydrogen-bond donors (Lipinski definition) is 0. The van der Waals surface area contributed by atoms with Crippen molar-refractivity contribution in [3.05, 3.63) is 140 Å². The average molecular weight is 581 g/mol. The molecule has 0 aliphatic rings. The molecule has 2 nitrogen and oxygen atoms in total. The summed E-state index contributed by atoms with van der Waals surface area (Å²) < 4.78 is 0. The molecule has 0 bridgehead atoms. The number of aryl methyl sites for hydroxylation is 12. The first-order valence-corrected chi connectivity index (χ1v) is 15.8. The molecular formula is C42H48N2. The Bertz CT molecular complexity index is 1550. The summed E-state index contributed by atoms with van der Waals surface area (Å²) in [5, 5.41) is 0. The molecule has 5 aromatic rings. The molecule has 0 aromatic heterocycles. The molecule has 226 valence electrons. The zero-order valence-electron chi connectivity index (χ0n) is 28.8. The van der Waals surface area contributed by atoms with Gasteiger partial charge in [-0.25, -0.2) is 0 Å². The first-order chi connectivity index (χ1) is 20.8. The quantitative estimate of drug-likeness (QED) is 0.197. The lowest BCUT2D eigenvalue weighted by Crippen LogP contribution is -2.18. The normalized spacial score (nSPS) is 11.2. The number of benzene rings is 5. The van der Waals surface area contributed by atoms with Gasteiger partial charge in [0.1, 0.15) is 0 Å². The van der Waals surface area contributed by atoms with Gasteiger partial charge in [-0.15, -0.1) is 0 Å². The van der Waals surface area contributed by atoms with Crippen molar-refractivity contribution >= 4 is 34.1 Å². The van der Waals surface area contributed by atoms with Crippen LogP contribution >= 0.6 is 0 Å². The lowest BCUT2D eigenvalue weighted by Gasteiger charge is -2.35. The maximum atomic E-state index is 2.50. The van der Waals surface area contributed by atoms with Gasteiger partial charge in [-0.1, -0.05) is 76.9 Å². The molecule has 0 spiro atoms. The molecule has 2 heteroatoms. The van der Waals surface area contributed by atoms with Gasteiger partial charge < -0.3 is 9.80 Å². The van der Waals surface area contributed by atoms with Crippen LogP contribution in [0.15, 0.2) is 72.8 Å². The zero-order chi connectivity index (χ0) is 32.0. The Kier molecular flexibility index (Phi) is 8.49. The van der Waals surface area contributed by atoms with Crippen LogP contribution in [0.3, 0.4) is 0 Å². The SMILES string of the molecule is Cc1cc(C)c(N(c2cccc(N(c3c(C)cc(C)cc3C)c3c(C)cc(C)cc3C)c2)c2c(C)cc(C)cc2C)c(C)c1. The van der Waals surface area contributed by atoms with E-state index < -0.39 is 0 Å². The molecular weight excluding hydrogens is 532 g/mol. The molecule has 0 amide bonds. The fourth-order valence-electron chi connectivity index (χ4n) is 7.61. The second-order valence-electron chi connectivity index (χ2n) is 13.2. The summed E-state index contributed by atoms with van der Waals surface area (Å²) >= 11 is 0. The molecule has 0 aliphatic heterocycles. The monoisotopic (exact) mass is 580 g/mol. The van der Waals surface area contributed by atoms with E-state index in [4.69, 9.17) is 0 Å². The van der Waals surface area contributed by atoms with Gasteiger partial charge in [0.2, 0.25) is 0 Å². The average Bonchev–Trinajstić information content (AvgIpc) is 2.89. The van der Waals surface area contributed by atoms with E-state index in [1.807, 2.05) is 0 Å². The first-order valence-electron chi connectivity index (χ1n) is 15.8. The smallest absolute Gasteiger partial charge is 0.0520 e. The summed E-state index contributed by atoms with van der Waals surface area (Å²) in [5.74, 6) is 0. The Balaban J connectivity index is 1.84. The predicted octanol–water partition coefficient (Wildman–Crippen LogP) is 12.3. The highest BCUT2D eigenvalue weighted by Gasteiger charge is 2.25. The number of hydrogen-bond acceptors (Lipinski definition) is 2. The summed E-state index contributed by atoms with van der Waals surface area (Å²) in [6, 6.07) is 27.6. The fraction of sp³-hybridized carbons (Fsp3) is 0.286. The predicted molar refractivity (Wildman–Crippen MR) is 193 cm³/mol. The second-order valence-corrected chi connectivity index (χ2v) is 13.2. The van der Waals surface area contributed by atoms with Crippen molar-refractivity contribution in [1.82, 2.24) is 0 Å². The van der Waals surface area contributed by atoms with Crippen molar-refractivity contribution in [2.24, 2.45) is 0 Å². The van der Waals surface area contributed by atoms with Crippen molar-refractivity contribution in [3.8, 4) is 0 Å². The Morgan fingerprint density at radius 1 is 0.295 bits per heavy atom. The third-order valence-electron chi connectivity index (χ3n) is 8.78. The highest BCUT2D eigenvalue weighted by atomic mass is 15.2. The molecule has 0 unspecified atom stereocenters. The van der Waals surface area contributed by atoms with Gasteiger partial charge in [-0.2, -0.15) is 0 Å². The molecule has 0 heterocycles. The van der Waals surface area contributed by atoms with Gasteiger partial charge in [0, 0.05) is 11.4 Å². The third-order valence-corrected chi connectivity index (χ3v) is 8.78. The van der Waals surface area contributed by atoms with Crippen LogP contribution < -0.4 is 9.80 Å². The molecule has 0 radical (unpaired) electrons. The van der Waals surface area contributed by atoms with E-state index in [1.54, 1.807) is 0 Å². The lowest BCUT2D eigenvalue weighted by atomic mass is 9.97. The maximum Gasteiger partial charge on any atom is 0.0520 e. The summed E-state index contributed by atoms with van der Waals surface area (Å²) in [6.07, 6.45) is 0. The first kappa shape index (κ1) is 31.1. The highest BCUT2D eigenvalue weighted by Crippen LogP contribution is 2.47. The Hall–Kier alpha value is -4.30. The van der Waals surface area contributed by atoms with Crippen molar-refractivity contribution in [2.75, 3.05) is 9.80 Å². The van der Waals surface area contributed by atoms with E-state index in [-0.39, 0.29) is 0 Å². The van der Waals surface area contributed by atoms with Gasteiger partial charge in [0.05, 0.1) is 22.7 Å². The van der Waals surface area contributed by atoms with Crippen LogP contribution in [0.1, 0.15) is 66.8 Å². The van der Waals surface area contributed by atoms with E-state index in [9.17, 15) is 0 Å². The minimum absolute atomic E-state index is 1.16. The largest absolute Gasteiger partial charge is 0.309 e. The molecule has 0 fully saturated rings. The minimum Gasteiger partial charge on any atom is -0.309 e. The van der Waals surface area contributed by atoms with Crippen molar-refractivity contribution < 1.29 is 0 Å². The van der Waals surface area contributed by atoms with Crippen LogP contribution in [0.2, 0.25) is 0 Å². The highest BCUT2D eigenvalue weighted by molar-refractivity contribution is 5.89. The lowest BCUT2D eigenvalue weighted by molar-refractivity contribution is 1.14. The Morgan fingerprint density at radius 3 is 0.705 bits per heavy atom. The van der Waals surface area contributed by atoms with Crippen LogP contribution in [0.25, 0.3) is 0 Å². The Morgan fingerprint density at radius 2 is 0.500 bits per heavy atom. The summed E-state index contributed by atoms with van der Waals surface area (Å²) in [5.41, 5.74) is 22.7. The molecule has 0 aliphatic carbocycles. The topological polar surface area (TPSA) is 6.48 Å². The molecule has 0 saturated carbocycles. The second kappa shape index (κ2) is 12.0. The van der Waals surface area contributed by atoms with Gasteiger partial charge >= 0.3 is 0 Å². The molecule has 5 rings (SSSR count). The zero-order valence-corrected chi connectivity index (χ0v) is 28.8. The summed E-state index contributed by atoms with van der Waals surface area (Å²) in [7, 11) is 0. The van der Waals surface area contributed by atoms with Gasteiger partial charge in [-0.05, 0) is 146 Å². The van der Waals surface area contributed by atoms with Crippen molar-refractivity contribution in [2.45, 2.75) is 83.1 Å². The van der Waals surface area contributed by atoms with E-state index in [0.29, 0.717) is 0 Å². The van der Waals surface area contributed by atoms with Crippen LogP contribution in [0.5, 0.6) is 0 Å².